The molecule has 0 saturated carbocycles. The van der Waals surface area contributed by atoms with Crippen molar-refractivity contribution in [3.05, 3.63) is 0 Å². The maximum atomic E-state index is 8.20. The molecule has 0 aromatic heterocycles. The SMILES string of the molecule is CC(C)OCC#CCO. The van der Waals surface area contributed by atoms with E-state index >= 15 is 0 Å². The fraction of sp³-hybridized carbons (Fsp3) is 0.714. The first-order valence-electron chi connectivity index (χ1n) is 2.95. The summed E-state index contributed by atoms with van der Waals surface area (Å²) in [6.07, 6.45) is 0.220. The Bertz CT molecular complexity index is 108. The average molecular weight is 128 g/mol. The van der Waals surface area contributed by atoms with Crippen molar-refractivity contribution < 1.29 is 9.84 Å². The van der Waals surface area contributed by atoms with E-state index in [0.717, 1.165) is 0 Å². The van der Waals surface area contributed by atoms with Crippen molar-refractivity contribution in [3.63, 3.8) is 0 Å². The van der Waals surface area contributed by atoms with Crippen LogP contribution in [0.25, 0.3) is 0 Å². The van der Waals surface area contributed by atoms with Crippen molar-refractivity contribution in [2.45, 2.75) is 20.0 Å². The number of aliphatic hydroxyl groups is 1. The predicted molar refractivity (Wildman–Crippen MR) is 35.9 cm³/mol. The standard InChI is InChI=1S/C7H12O2/c1-7(2)9-6-4-3-5-8/h7-8H,5-6H2,1-2H3. The molecule has 0 spiro atoms. The number of rotatable bonds is 2. The molecule has 52 valence electrons. The summed E-state index contributed by atoms with van der Waals surface area (Å²) < 4.78 is 5.06. The van der Waals surface area contributed by atoms with Gasteiger partial charge in [-0.2, -0.15) is 0 Å². The zero-order valence-electron chi connectivity index (χ0n) is 5.85. The number of hydrogen-bond acceptors (Lipinski definition) is 2. The van der Waals surface area contributed by atoms with Crippen molar-refractivity contribution in [3.8, 4) is 11.8 Å². The third-order valence-corrected chi connectivity index (χ3v) is 0.693. The van der Waals surface area contributed by atoms with Gasteiger partial charge in [0.25, 0.3) is 0 Å². The van der Waals surface area contributed by atoms with Crippen LogP contribution in [0.5, 0.6) is 0 Å². The van der Waals surface area contributed by atoms with Crippen molar-refractivity contribution in [1.29, 1.82) is 0 Å². The summed E-state index contributed by atoms with van der Waals surface area (Å²) in [4.78, 5) is 0. The summed E-state index contributed by atoms with van der Waals surface area (Å²) >= 11 is 0. The molecule has 0 rings (SSSR count). The second kappa shape index (κ2) is 5.61. The van der Waals surface area contributed by atoms with Crippen LogP contribution in [0.3, 0.4) is 0 Å². The lowest BCUT2D eigenvalue weighted by Gasteiger charge is -2.00. The molecule has 0 radical (unpaired) electrons. The van der Waals surface area contributed by atoms with Crippen LogP contribution in [0.4, 0.5) is 0 Å². The first-order valence-corrected chi connectivity index (χ1v) is 2.95. The van der Waals surface area contributed by atoms with Gasteiger partial charge in [-0.1, -0.05) is 11.8 Å². The second-order valence-corrected chi connectivity index (χ2v) is 1.87. The van der Waals surface area contributed by atoms with Gasteiger partial charge in [0.1, 0.15) is 13.2 Å². The molecule has 0 aliphatic heterocycles. The molecular weight excluding hydrogens is 116 g/mol. The Kier molecular flexibility index (Phi) is 5.29. The molecule has 0 aliphatic rings. The lowest BCUT2D eigenvalue weighted by molar-refractivity contribution is 0.106. The van der Waals surface area contributed by atoms with Crippen LogP contribution >= 0.6 is 0 Å². The fourth-order valence-electron chi connectivity index (χ4n) is 0.315. The quantitative estimate of drug-likeness (QED) is 0.546. The first kappa shape index (κ1) is 8.48. The molecular formula is C7H12O2. The van der Waals surface area contributed by atoms with Gasteiger partial charge in [-0.25, -0.2) is 0 Å². The Morgan fingerprint density at radius 2 is 2.11 bits per heavy atom. The third kappa shape index (κ3) is 7.48. The Labute approximate surface area is 55.8 Å². The summed E-state index contributed by atoms with van der Waals surface area (Å²) in [7, 11) is 0. The molecule has 0 aromatic carbocycles. The van der Waals surface area contributed by atoms with Gasteiger partial charge in [-0.15, -0.1) is 0 Å². The van der Waals surface area contributed by atoms with Gasteiger partial charge in [0, 0.05) is 0 Å². The fourth-order valence-corrected chi connectivity index (χ4v) is 0.315. The lowest BCUT2D eigenvalue weighted by Crippen LogP contribution is -2.01. The summed E-state index contributed by atoms with van der Waals surface area (Å²) in [5, 5.41) is 8.20. The highest BCUT2D eigenvalue weighted by Crippen LogP contribution is 1.83. The summed E-state index contributed by atoms with van der Waals surface area (Å²) in [5.74, 6) is 5.13. The van der Waals surface area contributed by atoms with Gasteiger partial charge in [-0.3, -0.25) is 0 Å². The van der Waals surface area contributed by atoms with E-state index in [1.54, 1.807) is 0 Å². The molecule has 0 amide bonds. The van der Waals surface area contributed by atoms with Crippen LogP contribution in [0.2, 0.25) is 0 Å². The molecule has 0 fully saturated rings. The van der Waals surface area contributed by atoms with E-state index in [9.17, 15) is 0 Å². The molecule has 1 N–H and O–H groups in total. The monoisotopic (exact) mass is 128 g/mol. The summed E-state index contributed by atoms with van der Waals surface area (Å²) in [6, 6.07) is 0. The minimum absolute atomic E-state index is 0.0819. The van der Waals surface area contributed by atoms with Crippen molar-refractivity contribution >= 4 is 0 Å². The molecule has 0 bridgehead atoms. The van der Waals surface area contributed by atoms with Gasteiger partial charge in [0.2, 0.25) is 0 Å². The highest BCUT2D eigenvalue weighted by molar-refractivity contribution is 4.98. The molecule has 0 aliphatic carbocycles. The largest absolute Gasteiger partial charge is 0.384 e. The predicted octanol–water partition coefficient (Wildman–Crippen LogP) is 0.407. The van der Waals surface area contributed by atoms with Gasteiger partial charge < -0.3 is 9.84 Å². The van der Waals surface area contributed by atoms with Crippen molar-refractivity contribution in [2.75, 3.05) is 13.2 Å². The molecule has 2 heteroatoms. The van der Waals surface area contributed by atoms with Gasteiger partial charge in [0.15, 0.2) is 0 Å². The van der Waals surface area contributed by atoms with E-state index in [4.69, 9.17) is 9.84 Å². The molecule has 0 unspecified atom stereocenters. The molecule has 9 heavy (non-hydrogen) atoms. The van der Waals surface area contributed by atoms with Gasteiger partial charge in [-0.05, 0) is 13.8 Å². The Morgan fingerprint density at radius 1 is 1.44 bits per heavy atom. The molecule has 0 atom stereocenters. The molecule has 2 nitrogen and oxygen atoms in total. The third-order valence-electron chi connectivity index (χ3n) is 0.693. The second-order valence-electron chi connectivity index (χ2n) is 1.87. The van der Waals surface area contributed by atoms with Crippen LogP contribution in [0, 0.1) is 11.8 Å². The van der Waals surface area contributed by atoms with Crippen molar-refractivity contribution in [2.24, 2.45) is 0 Å². The smallest absolute Gasteiger partial charge is 0.108 e. The number of hydrogen-bond donors (Lipinski definition) is 1. The molecule has 0 heterocycles. The molecule has 0 saturated heterocycles. The maximum absolute atomic E-state index is 8.20. The molecule has 0 aromatic rings. The Morgan fingerprint density at radius 3 is 2.56 bits per heavy atom. The van der Waals surface area contributed by atoms with Crippen molar-refractivity contribution in [1.82, 2.24) is 0 Å². The highest BCUT2D eigenvalue weighted by atomic mass is 16.5. The zero-order valence-corrected chi connectivity index (χ0v) is 5.85. The summed E-state index contributed by atoms with van der Waals surface area (Å²) in [5.41, 5.74) is 0. The number of ether oxygens (including phenoxy) is 1. The summed E-state index contributed by atoms with van der Waals surface area (Å²) in [6.45, 7) is 4.22. The van der Waals surface area contributed by atoms with Gasteiger partial charge in [0.05, 0.1) is 6.10 Å². The van der Waals surface area contributed by atoms with E-state index in [1.807, 2.05) is 13.8 Å². The van der Waals surface area contributed by atoms with Crippen LogP contribution in [0.15, 0.2) is 0 Å². The van der Waals surface area contributed by atoms with E-state index in [0.29, 0.717) is 6.61 Å². The van der Waals surface area contributed by atoms with Crippen LogP contribution in [-0.4, -0.2) is 24.4 Å². The minimum atomic E-state index is -0.0819. The Hall–Kier alpha value is -0.520. The van der Waals surface area contributed by atoms with Crippen LogP contribution < -0.4 is 0 Å². The maximum Gasteiger partial charge on any atom is 0.108 e. The lowest BCUT2D eigenvalue weighted by atomic mass is 10.5. The van der Waals surface area contributed by atoms with E-state index in [-0.39, 0.29) is 12.7 Å². The minimum Gasteiger partial charge on any atom is -0.384 e. The zero-order chi connectivity index (χ0) is 7.11. The van der Waals surface area contributed by atoms with Crippen LogP contribution in [0.1, 0.15) is 13.8 Å². The Balaban J connectivity index is 3.09. The average Bonchev–Trinajstić information content (AvgIpc) is 1.80. The first-order chi connectivity index (χ1) is 4.27. The highest BCUT2D eigenvalue weighted by Gasteiger charge is 1.86. The van der Waals surface area contributed by atoms with E-state index in [2.05, 4.69) is 11.8 Å². The van der Waals surface area contributed by atoms with E-state index in [1.165, 1.54) is 0 Å². The number of aliphatic hydroxyl groups excluding tert-OH is 1. The van der Waals surface area contributed by atoms with E-state index < -0.39 is 0 Å². The topological polar surface area (TPSA) is 29.5 Å². The normalized spacial score (nSPS) is 8.89. The van der Waals surface area contributed by atoms with Gasteiger partial charge >= 0.3 is 0 Å². The van der Waals surface area contributed by atoms with Crippen LogP contribution in [-0.2, 0) is 4.74 Å².